The van der Waals surface area contributed by atoms with Crippen LogP contribution >= 0.6 is 22.7 Å². The van der Waals surface area contributed by atoms with Crippen molar-refractivity contribution in [1.82, 2.24) is 29.5 Å². The summed E-state index contributed by atoms with van der Waals surface area (Å²) in [7, 11) is 0. The lowest BCUT2D eigenvalue weighted by atomic mass is 10.2. The van der Waals surface area contributed by atoms with Crippen LogP contribution in [0.5, 0.6) is 11.5 Å². The van der Waals surface area contributed by atoms with E-state index < -0.39 is 0 Å². The van der Waals surface area contributed by atoms with Crippen molar-refractivity contribution in [2.24, 2.45) is 10.2 Å². The molecule has 0 amide bonds. The molecule has 14 heteroatoms. The molecule has 8 aromatic rings. The van der Waals surface area contributed by atoms with Gasteiger partial charge in [-0.05, 0) is 97.8 Å². The summed E-state index contributed by atoms with van der Waals surface area (Å²) in [5, 5.41) is 23.3. The Labute approximate surface area is 337 Å². The molecule has 0 aliphatic heterocycles. The molecular formula is C43H38N10O2S2. The lowest BCUT2D eigenvalue weighted by Gasteiger charge is -2.08. The summed E-state index contributed by atoms with van der Waals surface area (Å²) in [5.74, 6) is 1.58. The molecule has 4 aromatic carbocycles. The zero-order valence-electron chi connectivity index (χ0n) is 31.2. The summed E-state index contributed by atoms with van der Waals surface area (Å²) in [6.45, 7) is 5.16. The maximum atomic E-state index is 5.92. The van der Waals surface area contributed by atoms with Crippen LogP contribution in [0.1, 0.15) is 28.9 Å². The molecule has 4 aromatic heterocycles. The van der Waals surface area contributed by atoms with E-state index in [4.69, 9.17) is 19.4 Å². The monoisotopic (exact) mass is 790 g/mol. The van der Waals surface area contributed by atoms with Crippen LogP contribution in [0.2, 0.25) is 0 Å². The first-order valence-corrected chi connectivity index (χ1v) is 20.0. The molecule has 2 N–H and O–H groups in total. The second-order valence-corrected chi connectivity index (χ2v) is 14.5. The third-order valence-electron chi connectivity index (χ3n) is 8.92. The Morgan fingerprint density at radius 2 is 1.00 bits per heavy atom. The van der Waals surface area contributed by atoms with Crippen molar-refractivity contribution in [2.75, 3.05) is 24.1 Å². The highest BCUT2D eigenvalue weighted by molar-refractivity contribution is 7.14. The highest BCUT2D eigenvalue weighted by atomic mass is 32.1. The molecule has 8 rings (SSSR count). The minimum absolute atomic E-state index is 0.537. The van der Waals surface area contributed by atoms with Gasteiger partial charge < -0.3 is 9.47 Å². The molecule has 0 aliphatic rings. The van der Waals surface area contributed by atoms with E-state index in [-0.39, 0.29) is 0 Å². The summed E-state index contributed by atoms with van der Waals surface area (Å²) < 4.78 is 15.7. The lowest BCUT2D eigenvalue weighted by Crippen LogP contribution is -2.05. The van der Waals surface area contributed by atoms with Gasteiger partial charge in [0.2, 0.25) is 10.3 Å². The van der Waals surface area contributed by atoms with Gasteiger partial charge in [-0.1, -0.05) is 36.4 Å². The molecule has 0 saturated carbocycles. The molecule has 0 spiro atoms. The van der Waals surface area contributed by atoms with Crippen molar-refractivity contribution >= 4 is 45.4 Å². The van der Waals surface area contributed by atoms with Gasteiger partial charge in [0.1, 0.15) is 11.5 Å². The molecule has 0 unspecified atom stereocenters. The molecule has 12 nitrogen and oxygen atoms in total. The number of aromatic nitrogens is 6. The van der Waals surface area contributed by atoms with E-state index in [1.54, 1.807) is 12.4 Å². The van der Waals surface area contributed by atoms with Gasteiger partial charge in [0.25, 0.3) is 0 Å². The Morgan fingerprint density at radius 3 is 1.42 bits per heavy atom. The normalized spacial score (nSPS) is 11.4. The number of rotatable bonds is 16. The smallest absolute Gasteiger partial charge is 0.203 e. The SMILES string of the molecule is Cc1c(-c2csc(N/N=C/c3ccc(OCCCOc4ccc(/C=N/Nc5nc(-c6cnn(-c7ccccc7)c6C)cs5)cc4)cc3)n2)cnn1-c1ccccc1. The van der Waals surface area contributed by atoms with Crippen LogP contribution in [0, 0.1) is 13.8 Å². The topological polar surface area (TPSA) is 129 Å². The average Bonchev–Trinajstić information content (AvgIpc) is 4.07. The third-order valence-corrected chi connectivity index (χ3v) is 10.4. The molecule has 284 valence electrons. The molecule has 57 heavy (non-hydrogen) atoms. The van der Waals surface area contributed by atoms with Crippen LogP contribution in [0.25, 0.3) is 33.9 Å². The van der Waals surface area contributed by atoms with Crippen molar-refractivity contribution in [3.63, 3.8) is 0 Å². The molecular weight excluding hydrogens is 753 g/mol. The summed E-state index contributed by atoms with van der Waals surface area (Å²) in [5.41, 5.74) is 15.7. The molecule has 0 atom stereocenters. The van der Waals surface area contributed by atoms with E-state index in [1.807, 2.05) is 156 Å². The molecule has 0 radical (unpaired) electrons. The van der Waals surface area contributed by atoms with Crippen LogP contribution in [0.4, 0.5) is 10.3 Å². The van der Waals surface area contributed by atoms with E-state index >= 15 is 0 Å². The summed E-state index contributed by atoms with van der Waals surface area (Å²) >= 11 is 2.99. The quantitative estimate of drug-likeness (QED) is 0.0563. The standard InChI is InChI=1S/C43H38N10O2S2/c1-30-38(26-46-52(30)34-10-5-3-6-11-34)40-28-56-42(48-40)50-44-24-32-14-18-36(19-15-32)54-22-9-23-55-37-20-16-33(17-21-37)25-45-51-43-49-41(29-57-43)39-27-47-53(31(39)2)35-12-7-4-8-13-35/h3-8,10-21,24-29H,9,22-23H2,1-2H3,(H,48,50)(H,49,51)/b44-24+,45-25+. The van der Waals surface area contributed by atoms with E-state index in [1.165, 1.54) is 22.7 Å². The van der Waals surface area contributed by atoms with E-state index in [2.05, 4.69) is 31.3 Å². The van der Waals surface area contributed by atoms with Gasteiger partial charge in [0.15, 0.2) is 0 Å². The Morgan fingerprint density at radius 1 is 0.579 bits per heavy atom. The highest BCUT2D eigenvalue weighted by Gasteiger charge is 2.14. The first-order chi connectivity index (χ1) is 28.1. The zero-order chi connectivity index (χ0) is 38.8. The molecule has 0 fully saturated rings. The van der Waals surface area contributed by atoms with Gasteiger partial charge in [0.05, 0.1) is 72.2 Å². The first-order valence-electron chi connectivity index (χ1n) is 18.2. The van der Waals surface area contributed by atoms with Crippen LogP contribution in [-0.2, 0) is 0 Å². The number of thiazole rings is 2. The molecule has 4 heterocycles. The van der Waals surface area contributed by atoms with Gasteiger partial charge in [-0.25, -0.2) is 19.3 Å². The molecule has 0 aliphatic carbocycles. The van der Waals surface area contributed by atoms with Gasteiger partial charge in [-0.15, -0.1) is 22.7 Å². The first kappa shape index (κ1) is 37.0. The maximum Gasteiger partial charge on any atom is 0.203 e. The number of hydrogen-bond acceptors (Lipinski definition) is 12. The predicted molar refractivity (Wildman–Crippen MR) is 230 cm³/mol. The van der Waals surface area contributed by atoms with Crippen LogP contribution in [-0.4, -0.2) is 55.2 Å². The highest BCUT2D eigenvalue weighted by Crippen LogP contribution is 2.30. The number of nitrogens with zero attached hydrogens (tertiary/aromatic N) is 8. The number of hydrogen-bond donors (Lipinski definition) is 2. The molecule has 0 saturated heterocycles. The Kier molecular flexibility index (Phi) is 11.5. The number of hydrazone groups is 2. The Balaban J connectivity index is 0.731. The summed E-state index contributed by atoms with van der Waals surface area (Å²) in [6.07, 6.45) is 7.95. The van der Waals surface area contributed by atoms with Gasteiger partial charge in [-0.3, -0.25) is 10.9 Å². The van der Waals surface area contributed by atoms with Crippen molar-refractivity contribution in [3.8, 4) is 45.4 Å². The number of anilines is 2. The van der Waals surface area contributed by atoms with Crippen molar-refractivity contribution in [1.29, 1.82) is 0 Å². The van der Waals surface area contributed by atoms with Crippen molar-refractivity contribution in [3.05, 3.63) is 155 Å². The predicted octanol–water partition coefficient (Wildman–Crippen LogP) is 9.66. The zero-order valence-corrected chi connectivity index (χ0v) is 32.8. The fraction of sp³-hybridized carbons (Fsp3) is 0.116. The van der Waals surface area contributed by atoms with E-state index in [0.29, 0.717) is 23.5 Å². The Bertz CT molecular complexity index is 2400. The average molecular weight is 791 g/mol. The van der Waals surface area contributed by atoms with Crippen molar-refractivity contribution in [2.45, 2.75) is 20.3 Å². The number of ether oxygens (including phenoxy) is 2. The third kappa shape index (κ3) is 9.15. The Hall–Kier alpha value is -6.90. The van der Waals surface area contributed by atoms with Gasteiger partial charge >= 0.3 is 0 Å². The summed E-state index contributed by atoms with van der Waals surface area (Å²) in [6, 6.07) is 35.7. The second-order valence-electron chi connectivity index (χ2n) is 12.8. The molecule has 0 bridgehead atoms. The minimum Gasteiger partial charge on any atom is -0.493 e. The fourth-order valence-corrected chi connectivity index (χ4v) is 7.26. The van der Waals surface area contributed by atoms with E-state index in [9.17, 15) is 0 Å². The summed E-state index contributed by atoms with van der Waals surface area (Å²) in [4.78, 5) is 9.40. The van der Waals surface area contributed by atoms with Crippen LogP contribution < -0.4 is 20.3 Å². The number of para-hydroxylation sites is 2. The van der Waals surface area contributed by atoms with Gasteiger partial charge in [-0.2, -0.15) is 20.4 Å². The fourth-order valence-electron chi connectivity index (χ4n) is 5.94. The minimum atomic E-state index is 0.537. The van der Waals surface area contributed by atoms with Crippen LogP contribution in [0.3, 0.4) is 0 Å². The van der Waals surface area contributed by atoms with E-state index in [0.717, 1.165) is 74.3 Å². The van der Waals surface area contributed by atoms with Crippen LogP contribution in [0.15, 0.2) is 143 Å². The van der Waals surface area contributed by atoms with Crippen molar-refractivity contribution < 1.29 is 9.47 Å². The maximum absolute atomic E-state index is 5.92. The number of benzene rings is 4. The largest absolute Gasteiger partial charge is 0.493 e. The lowest BCUT2D eigenvalue weighted by molar-refractivity contribution is 0.247. The number of nitrogens with one attached hydrogen (secondary N) is 2. The second kappa shape index (κ2) is 17.7. The van der Waals surface area contributed by atoms with Gasteiger partial charge in [0, 0.05) is 28.3 Å².